The first-order valence-electron chi connectivity index (χ1n) is 9.46. The van der Waals surface area contributed by atoms with Crippen molar-refractivity contribution < 1.29 is 4.79 Å². The van der Waals surface area contributed by atoms with Crippen molar-refractivity contribution in [2.24, 2.45) is 5.73 Å². The number of amides is 1. The van der Waals surface area contributed by atoms with Crippen molar-refractivity contribution in [3.05, 3.63) is 53.6 Å². The summed E-state index contributed by atoms with van der Waals surface area (Å²) in [6.45, 7) is 8.87. The van der Waals surface area contributed by atoms with Gasteiger partial charge in [-0.1, -0.05) is 37.3 Å². The highest BCUT2D eigenvalue weighted by atomic mass is 16.1. The van der Waals surface area contributed by atoms with Crippen LogP contribution in [0.5, 0.6) is 0 Å². The maximum absolute atomic E-state index is 11.6. The summed E-state index contributed by atoms with van der Waals surface area (Å²) < 4.78 is 0. The maximum atomic E-state index is 11.6. The quantitative estimate of drug-likeness (QED) is 0.730. The first-order chi connectivity index (χ1) is 13.1. The summed E-state index contributed by atoms with van der Waals surface area (Å²) >= 11 is 0. The number of nitrogens with two attached hydrogens (primary N) is 1. The molecule has 6 heteroatoms. The van der Waals surface area contributed by atoms with E-state index in [0.29, 0.717) is 11.1 Å². The molecule has 0 bridgehead atoms. The van der Waals surface area contributed by atoms with Crippen molar-refractivity contribution in [1.29, 1.82) is 0 Å². The number of carbonyl (C=O) groups excluding carboxylic acids is 1. The highest BCUT2D eigenvalue weighted by Crippen LogP contribution is 2.23. The molecule has 1 fully saturated rings. The SMILES string of the molecule is CCN1CCN(Cc2ccc(-c3nc4c(C(N)=O)cccc4[nH]3)cc2)CC1. The number of primary amides is 1. The van der Waals surface area contributed by atoms with Crippen LogP contribution in [-0.4, -0.2) is 58.4 Å². The van der Waals surface area contributed by atoms with Gasteiger partial charge < -0.3 is 15.6 Å². The molecule has 1 amide bonds. The van der Waals surface area contributed by atoms with E-state index in [2.05, 4.69) is 51.0 Å². The molecule has 140 valence electrons. The monoisotopic (exact) mass is 363 g/mol. The average molecular weight is 363 g/mol. The minimum atomic E-state index is -0.461. The third kappa shape index (κ3) is 3.72. The number of piperazine rings is 1. The highest BCUT2D eigenvalue weighted by Gasteiger charge is 2.16. The zero-order valence-electron chi connectivity index (χ0n) is 15.6. The predicted molar refractivity (Wildman–Crippen MR) is 107 cm³/mol. The Morgan fingerprint density at radius 2 is 1.78 bits per heavy atom. The Hall–Kier alpha value is -2.70. The lowest BCUT2D eigenvalue weighted by Crippen LogP contribution is -2.45. The number of carbonyl (C=O) groups is 1. The van der Waals surface area contributed by atoms with E-state index in [1.807, 2.05) is 12.1 Å². The Morgan fingerprint density at radius 3 is 2.44 bits per heavy atom. The van der Waals surface area contributed by atoms with E-state index in [0.717, 1.165) is 56.2 Å². The van der Waals surface area contributed by atoms with Crippen molar-refractivity contribution in [2.75, 3.05) is 32.7 Å². The van der Waals surface area contributed by atoms with E-state index in [4.69, 9.17) is 5.73 Å². The topological polar surface area (TPSA) is 78.2 Å². The molecule has 4 rings (SSSR count). The molecule has 0 spiro atoms. The van der Waals surface area contributed by atoms with E-state index in [1.165, 1.54) is 5.56 Å². The van der Waals surface area contributed by atoms with Gasteiger partial charge in [-0.2, -0.15) is 0 Å². The Balaban J connectivity index is 1.50. The van der Waals surface area contributed by atoms with Crippen molar-refractivity contribution in [3.8, 4) is 11.4 Å². The summed E-state index contributed by atoms with van der Waals surface area (Å²) in [4.78, 5) is 24.5. The molecular weight excluding hydrogens is 338 g/mol. The molecule has 0 radical (unpaired) electrons. The molecule has 3 N–H and O–H groups in total. The second-order valence-electron chi connectivity index (χ2n) is 7.06. The number of para-hydroxylation sites is 1. The van der Waals surface area contributed by atoms with Crippen molar-refractivity contribution >= 4 is 16.9 Å². The van der Waals surface area contributed by atoms with Crippen LogP contribution in [0.1, 0.15) is 22.8 Å². The lowest BCUT2D eigenvalue weighted by atomic mass is 10.1. The Kier molecular flexibility index (Phi) is 4.92. The van der Waals surface area contributed by atoms with Crippen LogP contribution < -0.4 is 5.73 Å². The van der Waals surface area contributed by atoms with Gasteiger partial charge in [0.1, 0.15) is 11.3 Å². The number of imidazole rings is 1. The molecule has 0 unspecified atom stereocenters. The normalized spacial score (nSPS) is 16.0. The maximum Gasteiger partial charge on any atom is 0.250 e. The smallest absolute Gasteiger partial charge is 0.250 e. The standard InChI is InChI=1S/C21H25N5O/c1-2-25-10-12-26(13-11-25)14-15-6-8-16(9-7-15)21-23-18-5-3-4-17(20(22)27)19(18)24-21/h3-9H,2,10-14H2,1H3,(H2,22,27)(H,23,24). The predicted octanol–water partition coefficient (Wildman–Crippen LogP) is 2.47. The lowest BCUT2D eigenvalue weighted by Gasteiger charge is -2.34. The molecule has 3 aromatic rings. The van der Waals surface area contributed by atoms with Crippen LogP contribution in [0, 0.1) is 0 Å². The van der Waals surface area contributed by atoms with Gasteiger partial charge >= 0.3 is 0 Å². The number of likely N-dealkylation sites (N-methyl/N-ethyl adjacent to an activating group) is 1. The molecule has 0 saturated carbocycles. The number of H-pyrrole nitrogens is 1. The molecule has 1 aliphatic heterocycles. The number of aromatic nitrogens is 2. The number of rotatable bonds is 5. The van der Waals surface area contributed by atoms with E-state index >= 15 is 0 Å². The van der Waals surface area contributed by atoms with E-state index in [9.17, 15) is 4.79 Å². The van der Waals surface area contributed by atoms with Crippen molar-refractivity contribution in [1.82, 2.24) is 19.8 Å². The van der Waals surface area contributed by atoms with E-state index in [-0.39, 0.29) is 0 Å². The second kappa shape index (κ2) is 7.50. The Morgan fingerprint density at radius 1 is 1.07 bits per heavy atom. The molecule has 0 atom stereocenters. The molecule has 27 heavy (non-hydrogen) atoms. The number of fused-ring (bicyclic) bond motifs is 1. The third-order valence-corrected chi connectivity index (χ3v) is 5.32. The molecule has 1 saturated heterocycles. The minimum absolute atomic E-state index is 0.442. The summed E-state index contributed by atoms with van der Waals surface area (Å²) in [5, 5.41) is 0. The van der Waals surface area contributed by atoms with Gasteiger partial charge in [-0.25, -0.2) is 4.98 Å². The fourth-order valence-electron chi connectivity index (χ4n) is 3.66. The molecule has 6 nitrogen and oxygen atoms in total. The highest BCUT2D eigenvalue weighted by molar-refractivity contribution is 6.04. The summed E-state index contributed by atoms with van der Waals surface area (Å²) in [5.74, 6) is 0.291. The van der Waals surface area contributed by atoms with Gasteiger partial charge in [0.25, 0.3) is 5.91 Å². The summed E-state index contributed by atoms with van der Waals surface area (Å²) in [7, 11) is 0. The van der Waals surface area contributed by atoms with Gasteiger partial charge in [-0.15, -0.1) is 0 Å². The third-order valence-electron chi connectivity index (χ3n) is 5.32. The van der Waals surface area contributed by atoms with E-state index in [1.54, 1.807) is 6.07 Å². The number of benzene rings is 2. The van der Waals surface area contributed by atoms with Gasteiger partial charge in [-0.05, 0) is 24.2 Å². The van der Waals surface area contributed by atoms with Crippen LogP contribution in [0.25, 0.3) is 22.4 Å². The van der Waals surface area contributed by atoms with Crippen LogP contribution in [0.15, 0.2) is 42.5 Å². The first-order valence-corrected chi connectivity index (χ1v) is 9.46. The number of hydrogen-bond acceptors (Lipinski definition) is 4. The Labute approximate surface area is 159 Å². The number of hydrogen-bond donors (Lipinski definition) is 2. The lowest BCUT2D eigenvalue weighted by molar-refractivity contribution is 0.100. The van der Waals surface area contributed by atoms with Crippen LogP contribution in [0.2, 0.25) is 0 Å². The van der Waals surface area contributed by atoms with Gasteiger partial charge in [0.05, 0.1) is 11.1 Å². The van der Waals surface area contributed by atoms with Gasteiger partial charge in [0.2, 0.25) is 0 Å². The van der Waals surface area contributed by atoms with Crippen LogP contribution >= 0.6 is 0 Å². The summed E-state index contributed by atoms with van der Waals surface area (Å²) in [5.41, 5.74) is 9.64. The number of nitrogens with one attached hydrogen (secondary N) is 1. The van der Waals surface area contributed by atoms with E-state index < -0.39 is 5.91 Å². The fraction of sp³-hybridized carbons (Fsp3) is 0.333. The van der Waals surface area contributed by atoms with Crippen molar-refractivity contribution in [3.63, 3.8) is 0 Å². The average Bonchev–Trinajstić information content (AvgIpc) is 3.13. The molecular formula is C21H25N5O. The fourth-order valence-corrected chi connectivity index (χ4v) is 3.66. The van der Waals surface area contributed by atoms with Gasteiger partial charge in [0.15, 0.2) is 0 Å². The molecule has 0 aliphatic carbocycles. The first kappa shape index (κ1) is 17.7. The van der Waals surface area contributed by atoms with Gasteiger partial charge in [-0.3, -0.25) is 9.69 Å². The van der Waals surface area contributed by atoms with Crippen LogP contribution in [-0.2, 0) is 6.54 Å². The zero-order valence-corrected chi connectivity index (χ0v) is 15.6. The Bertz CT molecular complexity index is 939. The number of nitrogens with zero attached hydrogens (tertiary/aromatic N) is 3. The van der Waals surface area contributed by atoms with Crippen molar-refractivity contribution in [2.45, 2.75) is 13.5 Å². The molecule has 2 aromatic carbocycles. The molecule has 1 aromatic heterocycles. The summed E-state index contributed by atoms with van der Waals surface area (Å²) in [6.07, 6.45) is 0. The molecule has 2 heterocycles. The summed E-state index contributed by atoms with van der Waals surface area (Å²) in [6, 6.07) is 13.9. The van der Waals surface area contributed by atoms with Crippen LogP contribution in [0.4, 0.5) is 0 Å². The molecule has 1 aliphatic rings. The minimum Gasteiger partial charge on any atom is -0.366 e. The largest absolute Gasteiger partial charge is 0.366 e. The van der Waals surface area contributed by atoms with Crippen LogP contribution in [0.3, 0.4) is 0 Å². The number of aromatic amines is 1. The zero-order chi connectivity index (χ0) is 18.8. The second-order valence-corrected chi connectivity index (χ2v) is 7.06. The van der Waals surface area contributed by atoms with Gasteiger partial charge in [0, 0.05) is 38.3 Å².